The van der Waals surface area contributed by atoms with Crippen molar-refractivity contribution >= 4 is 12.0 Å². The smallest absolute Gasteiger partial charge is 0.408 e. The Hall–Kier alpha value is -2.86. The van der Waals surface area contributed by atoms with Gasteiger partial charge in [0.2, 0.25) is 5.91 Å². The van der Waals surface area contributed by atoms with Gasteiger partial charge in [0.1, 0.15) is 12.6 Å². The van der Waals surface area contributed by atoms with Gasteiger partial charge in [0.25, 0.3) is 0 Å². The van der Waals surface area contributed by atoms with Crippen molar-refractivity contribution in [1.29, 1.82) is 0 Å². The third kappa shape index (κ3) is 7.40. The van der Waals surface area contributed by atoms with Gasteiger partial charge >= 0.3 is 6.09 Å². The van der Waals surface area contributed by atoms with E-state index in [2.05, 4.69) is 24.3 Å². The summed E-state index contributed by atoms with van der Waals surface area (Å²) in [5.41, 5.74) is 1.92. The first kappa shape index (κ1) is 22.8. The normalized spacial score (nSPS) is 15.5. The maximum atomic E-state index is 13.3. The van der Waals surface area contributed by atoms with Crippen LogP contribution in [-0.4, -0.2) is 61.6 Å². The van der Waals surface area contributed by atoms with Gasteiger partial charge < -0.3 is 19.9 Å². The van der Waals surface area contributed by atoms with Crippen LogP contribution < -0.4 is 5.32 Å². The molecule has 0 radical (unpaired) electrons. The van der Waals surface area contributed by atoms with Crippen molar-refractivity contribution in [3.63, 3.8) is 0 Å². The number of hydrogen-bond acceptors (Lipinski definition) is 4. The van der Waals surface area contributed by atoms with Gasteiger partial charge in [-0.2, -0.15) is 0 Å². The molecule has 0 aliphatic carbocycles. The third-order valence-electron chi connectivity index (χ3n) is 5.64. The fraction of sp³-hybridized carbons (Fsp3) is 0.440. The third-order valence-corrected chi connectivity index (χ3v) is 5.64. The Balaban J connectivity index is 1.60. The zero-order chi connectivity index (χ0) is 22.1. The van der Waals surface area contributed by atoms with Crippen LogP contribution in [0.4, 0.5) is 4.79 Å². The molecule has 2 amide bonds. The highest BCUT2D eigenvalue weighted by molar-refractivity contribution is 5.86. The van der Waals surface area contributed by atoms with Crippen LogP contribution in [0.3, 0.4) is 0 Å². The van der Waals surface area contributed by atoms with E-state index in [0.29, 0.717) is 12.3 Å². The van der Waals surface area contributed by atoms with Gasteiger partial charge in [-0.3, -0.25) is 4.79 Å². The average Bonchev–Trinajstić information content (AvgIpc) is 2.78. The van der Waals surface area contributed by atoms with Crippen molar-refractivity contribution in [3.05, 3.63) is 71.8 Å². The van der Waals surface area contributed by atoms with Crippen LogP contribution in [0, 0.1) is 5.92 Å². The number of carbonyl (C=O) groups excluding carboxylic acids is 2. The van der Waals surface area contributed by atoms with Crippen LogP contribution in [0.15, 0.2) is 60.7 Å². The van der Waals surface area contributed by atoms with Crippen LogP contribution in [0.2, 0.25) is 0 Å². The van der Waals surface area contributed by atoms with Gasteiger partial charge in [0.15, 0.2) is 0 Å². The lowest BCUT2D eigenvalue weighted by Crippen LogP contribution is -2.52. The Labute approximate surface area is 185 Å². The summed E-state index contributed by atoms with van der Waals surface area (Å²) < 4.78 is 5.37. The quantitative estimate of drug-likeness (QED) is 0.708. The van der Waals surface area contributed by atoms with Crippen molar-refractivity contribution in [2.75, 3.05) is 33.7 Å². The number of benzene rings is 2. The van der Waals surface area contributed by atoms with Crippen LogP contribution in [-0.2, 0) is 22.6 Å². The molecule has 6 heteroatoms. The molecule has 0 aromatic heterocycles. The van der Waals surface area contributed by atoms with Gasteiger partial charge in [-0.1, -0.05) is 60.7 Å². The lowest BCUT2D eigenvalue weighted by atomic mass is 9.95. The molecule has 6 nitrogen and oxygen atoms in total. The zero-order valence-electron chi connectivity index (χ0n) is 18.5. The van der Waals surface area contributed by atoms with E-state index in [1.807, 2.05) is 65.6 Å². The molecule has 31 heavy (non-hydrogen) atoms. The van der Waals surface area contributed by atoms with Crippen LogP contribution in [0.5, 0.6) is 0 Å². The highest BCUT2D eigenvalue weighted by Crippen LogP contribution is 2.19. The summed E-state index contributed by atoms with van der Waals surface area (Å²) in [6.07, 6.45) is 1.85. The number of alkyl carbamates (subject to hydrolysis) is 1. The molecule has 1 fully saturated rings. The SMILES string of the molecule is CN(C)CC1CCN(C(=O)[C@H](Cc2ccccc2)NC(=O)OCc2ccccc2)CC1. The maximum absolute atomic E-state index is 13.3. The number of carbonyl (C=O) groups is 2. The molecular formula is C25H33N3O3. The number of hydrogen-bond donors (Lipinski definition) is 1. The Bertz CT molecular complexity index is 818. The first-order chi connectivity index (χ1) is 15.0. The van der Waals surface area contributed by atoms with E-state index in [1.54, 1.807) is 0 Å². The maximum Gasteiger partial charge on any atom is 0.408 e. The first-order valence-electron chi connectivity index (χ1n) is 11.0. The van der Waals surface area contributed by atoms with Crippen molar-refractivity contribution in [2.45, 2.75) is 31.9 Å². The summed E-state index contributed by atoms with van der Waals surface area (Å²) in [5.74, 6) is 0.569. The summed E-state index contributed by atoms with van der Waals surface area (Å²) in [6.45, 7) is 2.67. The fourth-order valence-electron chi connectivity index (χ4n) is 4.03. The van der Waals surface area contributed by atoms with Crippen LogP contribution in [0.1, 0.15) is 24.0 Å². The number of nitrogens with one attached hydrogen (secondary N) is 1. The summed E-state index contributed by atoms with van der Waals surface area (Å²) in [6, 6.07) is 18.6. The lowest BCUT2D eigenvalue weighted by Gasteiger charge is -2.35. The molecule has 0 spiro atoms. The number of piperidine rings is 1. The van der Waals surface area contributed by atoms with E-state index in [1.165, 1.54) is 0 Å². The van der Waals surface area contributed by atoms with Gasteiger partial charge in [-0.15, -0.1) is 0 Å². The first-order valence-corrected chi connectivity index (χ1v) is 11.0. The van der Waals surface area contributed by atoms with Crippen molar-refractivity contribution in [2.24, 2.45) is 5.92 Å². The average molecular weight is 424 g/mol. The number of likely N-dealkylation sites (tertiary alicyclic amines) is 1. The van der Waals surface area contributed by atoms with Gasteiger partial charge in [-0.05, 0) is 44.0 Å². The molecule has 0 bridgehead atoms. The number of amides is 2. The highest BCUT2D eigenvalue weighted by atomic mass is 16.5. The van der Waals surface area contributed by atoms with Gasteiger partial charge in [0.05, 0.1) is 0 Å². The second-order valence-corrected chi connectivity index (χ2v) is 8.48. The van der Waals surface area contributed by atoms with Crippen LogP contribution in [0.25, 0.3) is 0 Å². The van der Waals surface area contributed by atoms with Gasteiger partial charge in [-0.25, -0.2) is 4.79 Å². The molecule has 1 N–H and O–H groups in total. The van der Waals surface area contributed by atoms with Crippen LogP contribution >= 0.6 is 0 Å². The number of nitrogens with zero attached hydrogens (tertiary/aromatic N) is 2. The topological polar surface area (TPSA) is 61.9 Å². The minimum absolute atomic E-state index is 0.0381. The minimum atomic E-state index is -0.643. The second kappa shape index (κ2) is 11.5. The summed E-state index contributed by atoms with van der Waals surface area (Å²) in [5, 5.41) is 2.82. The van der Waals surface area contributed by atoms with E-state index in [-0.39, 0.29) is 12.5 Å². The minimum Gasteiger partial charge on any atom is -0.445 e. The molecular weight excluding hydrogens is 390 g/mol. The molecule has 1 aliphatic heterocycles. The molecule has 1 heterocycles. The summed E-state index contributed by atoms with van der Waals surface area (Å²) in [7, 11) is 4.16. The highest BCUT2D eigenvalue weighted by Gasteiger charge is 2.30. The predicted octanol–water partition coefficient (Wildman–Crippen LogP) is 3.32. The summed E-state index contributed by atoms with van der Waals surface area (Å²) in [4.78, 5) is 29.8. The Morgan fingerprint density at radius 2 is 1.58 bits per heavy atom. The van der Waals surface area contributed by atoms with E-state index in [4.69, 9.17) is 4.74 Å². The molecule has 2 aromatic rings. The predicted molar refractivity (Wildman–Crippen MR) is 122 cm³/mol. The lowest BCUT2D eigenvalue weighted by molar-refractivity contribution is -0.134. The van der Waals surface area contributed by atoms with E-state index in [9.17, 15) is 9.59 Å². The summed E-state index contributed by atoms with van der Waals surface area (Å²) >= 11 is 0. The second-order valence-electron chi connectivity index (χ2n) is 8.48. The Morgan fingerprint density at radius 1 is 1.00 bits per heavy atom. The molecule has 1 saturated heterocycles. The number of ether oxygens (including phenoxy) is 1. The Morgan fingerprint density at radius 3 is 2.16 bits per heavy atom. The standard InChI is InChI=1S/C25H33N3O3/c1-27(2)18-21-13-15-28(16-14-21)24(29)23(17-20-9-5-3-6-10-20)26-25(30)31-19-22-11-7-4-8-12-22/h3-12,21,23H,13-19H2,1-2H3,(H,26,30)/t23-/m0/s1. The molecule has 166 valence electrons. The Kier molecular flexibility index (Phi) is 8.47. The molecule has 0 saturated carbocycles. The van der Waals surface area contributed by atoms with Gasteiger partial charge in [0, 0.05) is 26.1 Å². The molecule has 2 aromatic carbocycles. The largest absolute Gasteiger partial charge is 0.445 e. The molecule has 3 rings (SSSR count). The van der Waals surface area contributed by atoms with Crippen molar-refractivity contribution in [1.82, 2.24) is 15.1 Å². The van der Waals surface area contributed by atoms with E-state index in [0.717, 1.165) is 43.6 Å². The number of rotatable bonds is 8. The van der Waals surface area contributed by atoms with E-state index < -0.39 is 12.1 Å². The van der Waals surface area contributed by atoms with Crippen molar-refractivity contribution < 1.29 is 14.3 Å². The molecule has 0 unspecified atom stereocenters. The van der Waals surface area contributed by atoms with Crippen molar-refractivity contribution in [3.8, 4) is 0 Å². The monoisotopic (exact) mass is 423 g/mol. The zero-order valence-corrected chi connectivity index (χ0v) is 18.5. The molecule has 1 aliphatic rings. The molecule has 1 atom stereocenters. The van der Waals surface area contributed by atoms with E-state index >= 15 is 0 Å². The fourth-order valence-corrected chi connectivity index (χ4v) is 4.03.